The van der Waals surface area contributed by atoms with Gasteiger partial charge in [-0.25, -0.2) is 4.79 Å². The van der Waals surface area contributed by atoms with Crippen molar-refractivity contribution in [1.29, 1.82) is 0 Å². The van der Waals surface area contributed by atoms with Gasteiger partial charge in [-0.2, -0.15) is 0 Å². The number of hydrogen-bond donors (Lipinski definition) is 1. The molecule has 0 unspecified atom stereocenters. The number of carbonyl (C=O) groups is 2. The fourth-order valence-electron chi connectivity index (χ4n) is 5.33. The lowest BCUT2D eigenvalue weighted by molar-refractivity contribution is -0.137. The van der Waals surface area contributed by atoms with Crippen molar-refractivity contribution < 1.29 is 14.3 Å². The molecule has 4 rings (SSSR count). The lowest BCUT2D eigenvalue weighted by Crippen LogP contribution is -2.44. The van der Waals surface area contributed by atoms with Crippen LogP contribution in [0.5, 0.6) is 0 Å². The van der Waals surface area contributed by atoms with Crippen LogP contribution in [0.25, 0.3) is 6.08 Å². The number of nitrogens with one attached hydrogen (secondary N) is 1. The lowest BCUT2D eigenvalue weighted by Gasteiger charge is -2.36. The fraction of sp³-hybridized carbons (Fsp3) is 0.467. The Balaban J connectivity index is 1.45. The van der Waals surface area contributed by atoms with E-state index in [0.717, 1.165) is 69.5 Å². The Morgan fingerprint density at radius 1 is 1.00 bits per heavy atom. The fourth-order valence-corrected chi connectivity index (χ4v) is 5.33. The first-order valence-electron chi connectivity index (χ1n) is 13.3. The molecule has 2 aromatic carbocycles. The van der Waals surface area contributed by atoms with Crippen LogP contribution in [-0.2, 0) is 20.7 Å². The minimum atomic E-state index is -0.398. The van der Waals surface area contributed by atoms with E-state index in [2.05, 4.69) is 46.4 Å². The molecule has 1 amide bonds. The van der Waals surface area contributed by atoms with Crippen LogP contribution in [0, 0.1) is 5.41 Å². The molecule has 0 atom stereocenters. The Hall–Kier alpha value is -3.12. The summed E-state index contributed by atoms with van der Waals surface area (Å²) in [5.41, 5.74) is 3.68. The predicted molar refractivity (Wildman–Crippen MR) is 146 cm³/mol. The number of benzene rings is 2. The van der Waals surface area contributed by atoms with Gasteiger partial charge in [-0.15, -0.1) is 0 Å². The molecule has 1 saturated heterocycles. The van der Waals surface area contributed by atoms with E-state index in [1.54, 1.807) is 13.0 Å². The van der Waals surface area contributed by atoms with Crippen LogP contribution < -0.4 is 10.2 Å². The molecule has 6 nitrogen and oxygen atoms in total. The van der Waals surface area contributed by atoms with Gasteiger partial charge in [0, 0.05) is 43.6 Å². The number of carbonyl (C=O) groups excluding carboxylic acids is 2. The van der Waals surface area contributed by atoms with E-state index >= 15 is 0 Å². The molecular formula is C30H39N3O3. The highest BCUT2D eigenvalue weighted by Crippen LogP contribution is 2.40. The summed E-state index contributed by atoms with van der Waals surface area (Å²) >= 11 is 0. The Bertz CT molecular complexity index is 1050. The van der Waals surface area contributed by atoms with Gasteiger partial charge in [-0.1, -0.05) is 43.5 Å². The average Bonchev–Trinajstić information content (AvgIpc) is 2.89. The molecule has 2 fully saturated rings. The second-order valence-corrected chi connectivity index (χ2v) is 10.1. The SMILES string of the molecule is CCOC(=O)/C=C/c1cccc(NC(=O)C2(Cc3ccc(N4CCN(C)CC4)cc3)CCCCC2)c1. The Morgan fingerprint density at radius 3 is 2.42 bits per heavy atom. The highest BCUT2D eigenvalue weighted by Gasteiger charge is 2.39. The molecule has 36 heavy (non-hydrogen) atoms. The van der Waals surface area contributed by atoms with E-state index in [-0.39, 0.29) is 11.9 Å². The van der Waals surface area contributed by atoms with Crippen LogP contribution in [-0.4, -0.2) is 56.6 Å². The summed E-state index contributed by atoms with van der Waals surface area (Å²) in [6, 6.07) is 16.4. The molecule has 1 saturated carbocycles. The summed E-state index contributed by atoms with van der Waals surface area (Å²) < 4.78 is 4.95. The van der Waals surface area contributed by atoms with Crippen LogP contribution >= 0.6 is 0 Å². The van der Waals surface area contributed by atoms with Gasteiger partial charge in [0.2, 0.25) is 5.91 Å². The Kier molecular flexibility index (Phi) is 8.81. The van der Waals surface area contributed by atoms with Gasteiger partial charge >= 0.3 is 5.97 Å². The zero-order chi connectivity index (χ0) is 25.4. The van der Waals surface area contributed by atoms with Crippen molar-refractivity contribution in [3.63, 3.8) is 0 Å². The minimum Gasteiger partial charge on any atom is -0.463 e. The van der Waals surface area contributed by atoms with E-state index in [1.807, 2.05) is 24.3 Å². The number of amides is 1. The number of rotatable bonds is 8. The standard InChI is InChI=1S/C30H39N3O3/c1-3-36-28(34)15-12-24-8-7-9-26(22-24)31-29(35)30(16-5-4-6-17-30)23-25-10-13-27(14-11-25)33-20-18-32(2)19-21-33/h7-15,22H,3-6,16-21,23H2,1-2H3,(H,31,35)/b15-12+. The van der Waals surface area contributed by atoms with Crippen LogP contribution in [0.15, 0.2) is 54.6 Å². The highest BCUT2D eigenvalue weighted by molar-refractivity contribution is 5.96. The third-order valence-corrected chi connectivity index (χ3v) is 7.48. The number of piperazine rings is 1. The lowest BCUT2D eigenvalue weighted by atomic mass is 9.69. The van der Waals surface area contributed by atoms with Crippen molar-refractivity contribution in [1.82, 2.24) is 4.90 Å². The second-order valence-electron chi connectivity index (χ2n) is 10.1. The molecule has 192 valence electrons. The number of ether oxygens (including phenoxy) is 1. The number of hydrogen-bond acceptors (Lipinski definition) is 5. The average molecular weight is 490 g/mol. The number of likely N-dealkylation sites (N-methyl/N-ethyl adjacent to an activating group) is 1. The zero-order valence-electron chi connectivity index (χ0n) is 21.7. The zero-order valence-corrected chi connectivity index (χ0v) is 21.7. The van der Waals surface area contributed by atoms with Crippen molar-refractivity contribution >= 4 is 29.3 Å². The molecule has 1 N–H and O–H groups in total. The largest absolute Gasteiger partial charge is 0.463 e. The molecule has 2 aromatic rings. The summed E-state index contributed by atoms with van der Waals surface area (Å²) in [4.78, 5) is 30.1. The van der Waals surface area contributed by atoms with Crippen LogP contribution in [0.1, 0.15) is 50.2 Å². The minimum absolute atomic E-state index is 0.0943. The first kappa shape index (κ1) is 26.0. The van der Waals surface area contributed by atoms with Gasteiger partial charge in [-0.3, -0.25) is 4.79 Å². The van der Waals surface area contributed by atoms with Gasteiger partial charge in [0.1, 0.15) is 0 Å². The molecule has 0 bridgehead atoms. The van der Waals surface area contributed by atoms with Gasteiger partial charge in [-0.05, 0) is 74.7 Å². The first-order valence-corrected chi connectivity index (χ1v) is 13.3. The quantitative estimate of drug-likeness (QED) is 0.411. The third kappa shape index (κ3) is 6.76. The van der Waals surface area contributed by atoms with Gasteiger partial charge in [0.05, 0.1) is 12.0 Å². The van der Waals surface area contributed by atoms with E-state index in [4.69, 9.17) is 4.74 Å². The number of esters is 1. The topological polar surface area (TPSA) is 61.9 Å². The maximum atomic E-state index is 13.7. The molecule has 0 spiro atoms. The van der Waals surface area contributed by atoms with Crippen LogP contribution in [0.4, 0.5) is 11.4 Å². The summed E-state index contributed by atoms with van der Waals surface area (Å²) in [5, 5.41) is 3.19. The van der Waals surface area contributed by atoms with E-state index in [1.165, 1.54) is 23.7 Å². The van der Waals surface area contributed by atoms with Gasteiger partial charge < -0.3 is 19.9 Å². The molecule has 2 aliphatic rings. The van der Waals surface area contributed by atoms with Gasteiger partial charge in [0.15, 0.2) is 0 Å². The maximum absolute atomic E-state index is 13.7. The van der Waals surface area contributed by atoms with Crippen LogP contribution in [0.3, 0.4) is 0 Å². The van der Waals surface area contributed by atoms with Crippen molar-refractivity contribution in [3.8, 4) is 0 Å². The Labute approximate surface area is 215 Å². The normalized spacial score (nSPS) is 18.2. The van der Waals surface area contributed by atoms with Crippen LogP contribution in [0.2, 0.25) is 0 Å². The molecular weight excluding hydrogens is 450 g/mol. The number of nitrogens with zero attached hydrogens (tertiary/aromatic N) is 2. The van der Waals surface area contributed by atoms with E-state index < -0.39 is 5.41 Å². The first-order chi connectivity index (χ1) is 17.5. The van der Waals surface area contributed by atoms with E-state index in [0.29, 0.717) is 6.61 Å². The third-order valence-electron chi connectivity index (χ3n) is 7.48. The summed E-state index contributed by atoms with van der Waals surface area (Å²) in [6.45, 7) is 6.41. The number of anilines is 2. The predicted octanol–water partition coefficient (Wildman–Crippen LogP) is 5.15. The Morgan fingerprint density at radius 2 is 1.72 bits per heavy atom. The van der Waals surface area contributed by atoms with Crippen molar-refractivity contribution in [2.24, 2.45) is 5.41 Å². The van der Waals surface area contributed by atoms with Crippen molar-refractivity contribution in [2.45, 2.75) is 45.4 Å². The molecule has 0 aromatic heterocycles. The molecule has 1 aliphatic heterocycles. The maximum Gasteiger partial charge on any atom is 0.330 e. The highest BCUT2D eigenvalue weighted by atomic mass is 16.5. The summed E-state index contributed by atoms with van der Waals surface area (Å²) in [6.07, 6.45) is 9.04. The summed E-state index contributed by atoms with van der Waals surface area (Å²) in [7, 11) is 2.17. The van der Waals surface area contributed by atoms with Gasteiger partial charge in [0.25, 0.3) is 0 Å². The van der Waals surface area contributed by atoms with E-state index in [9.17, 15) is 9.59 Å². The molecule has 1 aliphatic carbocycles. The molecule has 0 radical (unpaired) electrons. The molecule has 6 heteroatoms. The smallest absolute Gasteiger partial charge is 0.330 e. The van der Waals surface area contributed by atoms with Crippen molar-refractivity contribution in [2.75, 3.05) is 50.1 Å². The summed E-state index contributed by atoms with van der Waals surface area (Å²) in [5.74, 6) is -0.274. The monoisotopic (exact) mass is 489 g/mol. The second kappa shape index (κ2) is 12.2. The van der Waals surface area contributed by atoms with Crippen molar-refractivity contribution in [3.05, 3.63) is 65.7 Å². The molecule has 1 heterocycles.